The van der Waals surface area contributed by atoms with E-state index in [1.54, 1.807) is 0 Å². The maximum atomic E-state index is 12.3. The highest BCUT2D eigenvalue weighted by Crippen LogP contribution is 2.21. The standard InChI is InChI=1S/C20H26N2O3/c23-18-10-12-22(13-11-18)19(24)14-15-6-8-17(9-7-15)21-20(25)16-4-2-1-3-5-16/h1-2,6-9,16,18,23H,3-5,10-14H2,(H,21,25)/t16-/m1/s1. The lowest BCUT2D eigenvalue weighted by Gasteiger charge is -2.29. The molecule has 2 amide bonds. The quantitative estimate of drug-likeness (QED) is 0.826. The highest BCUT2D eigenvalue weighted by Gasteiger charge is 2.21. The molecule has 5 heteroatoms. The number of carbonyl (C=O) groups excluding carboxylic acids is 2. The Morgan fingerprint density at radius 3 is 2.44 bits per heavy atom. The van der Waals surface area contributed by atoms with Crippen LogP contribution in [0, 0.1) is 5.92 Å². The van der Waals surface area contributed by atoms with Gasteiger partial charge in [0, 0.05) is 24.7 Å². The summed E-state index contributed by atoms with van der Waals surface area (Å²) in [6.45, 7) is 1.26. The van der Waals surface area contributed by atoms with Gasteiger partial charge in [0.25, 0.3) is 0 Å². The molecule has 0 saturated carbocycles. The van der Waals surface area contributed by atoms with Gasteiger partial charge in [0.15, 0.2) is 0 Å². The lowest BCUT2D eigenvalue weighted by atomic mass is 9.93. The van der Waals surface area contributed by atoms with Gasteiger partial charge in [-0.05, 0) is 49.8 Å². The van der Waals surface area contributed by atoms with E-state index in [4.69, 9.17) is 0 Å². The second-order valence-corrected chi connectivity index (χ2v) is 6.96. The smallest absolute Gasteiger partial charge is 0.227 e. The Hall–Kier alpha value is -2.14. The molecule has 2 aliphatic rings. The van der Waals surface area contributed by atoms with Gasteiger partial charge in [0.2, 0.25) is 11.8 Å². The first-order chi connectivity index (χ1) is 12.1. The van der Waals surface area contributed by atoms with Crippen LogP contribution >= 0.6 is 0 Å². The van der Waals surface area contributed by atoms with E-state index in [1.165, 1.54) is 0 Å². The van der Waals surface area contributed by atoms with Crippen molar-refractivity contribution in [3.8, 4) is 0 Å². The van der Waals surface area contributed by atoms with Crippen LogP contribution in [0.15, 0.2) is 36.4 Å². The molecule has 2 N–H and O–H groups in total. The molecule has 1 aliphatic carbocycles. The summed E-state index contributed by atoms with van der Waals surface area (Å²) in [7, 11) is 0. The molecule has 5 nitrogen and oxygen atoms in total. The van der Waals surface area contributed by atoms with Crippen LogP contribution in [-0.2, 0) is 16.0 Å². The van der Waals surface area contributed by atoms with E-state index in [-0.39, 0.29) is 23.8 Å². The SMILES string of the molecule is O=C(Nc1ccc(CC(=O)N2CCC(O)CC2)cc1)[C@@H]1CC=CCC1. The first kappa shape index (κ1) is 17.7. The third-order valence-corrected chi connectivity index (χ3v) is 5.03. The van der Waals surface area contributed by atoms with E-state index in [9.17, 15) is 14.7 Å². The number of carbonyl (C=O) groups is 2. The molecule has 0 bridgehead atoms. The van der Waals surface area contributed by atoms with Crippen LogP contribution in [0.2, 0.25) is 0 Å². The first-order valence-electron chi connectivity index (χ1n) is 9.12. The highest BCUT2D eigenvalue weighted by atomic mass is 16.3. The highest BCUT2D eigenvalue weighted by molar-refractivity contribution is 5.92. The molecule has 0 unspecified atom stereocenters. The largest absolute Gasteiger partial charge is 0.393 e. The van der Waals surface area contributed by atoms with Crippen molar-refractivity contribution in [2.24, 2.45) is 5.92 Å². The maximum absolute atomic E-state index is 12.3. The van der Waals surface area contributed by atoms with Crippen LogP contribution in [0.4, 0.5) is 5.69 Å². The third-order valence-electron chi connectivity index (χ3n) is 5.03. The van der Waals surface area contributed by atoms with Crippen LogP contribution in [-0.4, -0.2) is 41.0 Å². The fourth-order valence-corrected chi connectivity index (χ4v) is 3.38. The first-order valence-corrected chi connectivity index (χ1v) is 9.12. The summed E-state index contributed by atoms with van der Waals surface area (Å²) < 4.78 is 0. The molecule has 1 atom stereocenters. The minimum Gasteiger partial charge on any atom is -0.393 e. The summed E-state index contributed by atoms with van der Waals surface area (Å²) >= 11 is 0. The number of nitrogens with one attached hydrogen (secondary N) is 1. The molecule has 1 aromatic rings. The molecule has 0 spiro atoms. The molecular weight excluding hydrogens is 316 g/mol. The van der Waals surface area contributed by atoms with E-state index in [2.05, 4.69) is 17.5 Å². The maximum Gasteiger partial charge on any atom is 0.227 e. The fourth-order valence-electron chi connectivity index (χ4n) is 3.38. The fraction of sp³-hybridized carbons (Fsp3) is 0.500. The van der Waals surface area contributed by atoms with E-state index in [0.717, 1.165) is 30.5 Å². The Kier molecular flexibility index (Phi) is 5.87. The second-order valence-electron chi connectivity index (χ2n) is 6.96. The minimum atomic E-state index is -0.272. The number of likely N-dealkylation sites (tertiary alicyclic amines) is 1. The molecule has 1 saturated heterocycles. The van der Waals surface area contributed by atoms with Crippen molar-refractivity contribution in [1.29, 1.82) is 0 Å². The Morgan fingerprint density at radius 1 is 1.08 bits per heavy atom. The normalized spacial score (nSPS) is 21.2. The number of aliphatic hydroxyl groups excluding tert-OH is 1. The number of hydrogen-bond donors (Lipinski definition) is 2. The Balaban J connectivity index is 1.50. The Labute approximate surface area is 148 Å². The van der Waals surface area contributed by atoms with Gasteiger partial charge in [-0.1, -0.05) is 24.3 Å². The second kappa shape index (κ2) is 8.30. The van der Waals surface area contributed by atoms with Crippen LogP contribution < -0.4 is 5.32 Å². The average Bonchev–Trinajstić information content (AvgIpc) is 2.64. The predicted molar refractivity (Wildman–Crippen MR) is 97.1 cm³/mol. The minimum absolute atomic E-state index is 0.0562. The van der Waals surface area contributed by atoms with Gasteiger partial charge >= 0.3 is 0 Å². The topological polar surface area (TPSA) is 69.6 Å². The number of aliphatic hydroxyl groups is 1. The lowest BCUT2D eigenvalue weighted by molar-refractivity contribution is -0.132. The van der Waals surface area contributed by atoms with Crippen molar-refractivity contribution < 1.29 is 14.7 Å². The summed E-state index contributed by atoms with van der Waals surface area (Å²) in [5.74, 6) is 0.221. The Bertz CT molecular complexity index is 631. The van der Waals surface area contributed by atoms with Crippen molar-refractivity contribution >= 4 is 17.5 Å². The molecule has 3 rings (SSSR count). The molecule has 1 aromatic carbocycles. The zero-order chi connectivity index (χ0) is 17.6. The van der Waals surface area contributed by atoms with Crippen molar-refractivity contribution in [2.45, 2.75) is 44.6 Å². The summed E-state index contributed by atoms with van der Waals surface area (Å²) in [6.07, 6.45) is 8.28. The monoisotopic (exact) mass is 342 g/mol. The van der Waals surface area contributed by atoms with Crippen LogP contribution in [0.1, 0.15) is 37.7 Å². The molecule has 1 heterocycles. The number of piperidine rings is 1. The summed E-state index contributed by atoms with van der Waals surface area (Å²) in [5.41, 5.74) is 1.71. The van der Waals surface area contributed by atoms with Crippen molar-refractivity contribution in [1.82, 2.24) is 4.90 Å². The number of benzene rings is 1. The number of amides is 2. The van der Waals surface area contributed by atoms with E-state index < -0.39 is 0 Å². The van der Waals surface area contributed by atoms with Crippen LogP contribution in [0.3, 0.4) is 0 Å². The van der Waals surface area contributed by atoms with Gasteiger partial charge < -0.3 is 15.3 Å². The molecule has 25 heavy (non-hydrogen) atoms. The van der Waals surface area contributed by atoms with Gasteiger partial charge in [0.1, 0.15) is 0 Å². The number of allylic oxidation sites excluding steroid dienone is 2. The lowest BCUT2D eigenvalue weighted by Crippen LogP contribution is -2.40. The number of nitrogens with zero attached hydrogens (tertiary/aromatic N) is 1. The molecule has 1 aliphatic heterocycles. The number of hydrogen-bond acceptors (Lipinski definition) is 3. The van der Waals surface area contributed by atoms with Gasteiger partial charge in [-0.15, -0.1) is 0 Å². The summed E-state index contributed by atoms with van der Waals surface area (Å²) in [5, 5.41) is 12.5. The van der Waals surface area contributed by atoms with Gasteiger partial charge in [-0.2, -0.15) is 0 Å². The third kappa shape index (κ3) is 4.92. The van der Waals surface area contributed by atoms with E-state index in [1.807, 2.05) is 29.2 Å². The van der Waals surface area contributed by atoms with Gasteiger partial charge in [-0.25, -0.2) is 0 Å². The Morgan fingerprint density at radius 2 is 1.80 bits per heavy atom. The molecule has 0 aromatic heterocycles. The van der Waals surface area contributed by atoms with Crippen molar-refractivity contribution in [3.63, 3.8) is 0 Å². The van der Waals surface area contributed by atoms with Crippen LogP contribution in [0.25, 0.3) is 0 Å². The van der Waals surface area contributed by atoms with Gasteiger partial charge in [-0.3, -0.25) is 9.59 Å². The average molecular weight is 342 g/mol. The van der Waals surface area contributed by atoms with E-state index >= 15 is 0 Å². The van der Waals surface area contributed by atoms with Crippen LogP contribution in [0.5, 0.6) is 0 Å². The van der Waals surface area contributed by atoms with Crippen molar-refractivity contribution in [2.75, 3.05) is 18.4 Å². The van der Waals surface area contributed by atoms with Gasteiger partial charge in [0.05, 0.1) is 12.5 Å². The summed E-state index contributed by atoms with van der Waals surface area (Å²) in [6, 6.07) is 7.51. The predicted octanol–water partition coefficient (Wildman–Crippen LogP) is 2.51. The molecule has 1 fully saturated rings. The molecule has 0 radical (unpaired) electrons. The zero-order valence-electron chi connectivity index (χ0n) is 14.5. The summed E-state index contributed by atoms with van der Waals surface area (Å²) in [4.78, 5) is 26.4. The molecule has 134 valence electrons. The molecular formula is C20H26N2O3. The number of rotatable bonds is 4. The zero-order valence-corrected chi connectivity index (χ0v) is 14.5. The van der Waals surface area contributed by atoms with E-state index in [0.29, 0.717) is 32.4 Å². The van der Waals surface area contributed by atoms with Crippen molar-refractivity contribution in [3.05, 3.63) is 42.0 Å². The number of anilines is 1.